The number of Topliss-reactive ketones (excluding diaryl/α,β-unsaturated/α-hetero) is 1. The van der Waals surface area contributed by atoms with Gasteiger partial charge in [-0.05, 0) is 24.0 Å². The minimum Gasteiger partial charge on any atom is -0.449 e. The molecule has 4 rings (SSSR count). The van der Waals surface area contributed by atoms with Gasteiger partial charge in [-0.1, -0.05) is 85.8 Å². The van der Waals surface area contributed by atoms with Gasteiger partial charge < -0.3 is 9.72 Å². The molecule has 0 spiro atoms. The van der Waals surface area contributed by atoms with Crippen LogP contribution < -0.4 is 0 Å². The minimum atomic E-state index is -0.978. The van der Waals surface area contributed by atoms with Crippen LogP contribution in [-0.2, 0) is 22.4 Å². The highest BCUT2D eigenvalue weighted by atomic mass is 16.5. The molecular formula is C27H25NO3. The van der Waals surface area contributed by atoms with E-state index in [1.54, 1.807) is 6.20 Å². The first-order valence-electron chi connectivity index (χ1n) is 10.6. The van der Waals surface area contributed by atoms with Gasteiger partial charge in [0, 0.05) is 34.6 Å². The summed E-state index contributed by atoms with van der Waals surface area (Å²) in [4.78, 5) is 29.4. The number of H-pyrrole nitrogens is 1. The van der Waals surface area contributed by atoms with Gasteiger partial charge in [-0.25, -0.2) is 0 Å². The summed E-state index contributed by atoms with van der Waals surface area (Å²) in [7, 11) is 0. The Morgan fingerprint density at radius 3 is 2.32 bits per heavy atom. The van der Waals surface area contributed by atoms with Crippen LogP contribution in [0.5, 0.6) is 0 Å². The molecule has 4 heteroatoms. The molecule has 0 saturated carbocycles. The number of benzene rings is 3. The number of hydrogen-bond donors (Lipinski definition) is 1. The Morgan fingerprint density at radius 2 is 1.61 bits per heavy atom. The van der Waals surface area contributed by atoms with Crippen molar-refractivity contribution in [1.82, 2.24) is 4.98 Å². The van der Waals surface area contributed by atoms with Crippen molar-refractivity contribution in [3.05, 3.63) is 107 Å². The number of rotatable bonds is 8. The molecule has 0 radical (unpaired) electrons. The molecule has 0 fully saturated rings. The second kappa shape index (κ2) is 9.43. The number of aromatic amines is 1. The molecule has 0 aliphatic carbocycles. The van der Waals surface area contributed by atoms with Crippen molar-refractivity contribution in [1.29, 1.82) is 0 Å². The molecule has 0 aliphatic rings. The Labute approximate surface area is 181 Å². The number of ether oxygens (including phenoxy) is 1. The van der Waals surface area contributed by atoms with E-state index in [0.717, 1.165) is 28.5 Å². The Bertz CT molecular complexity index is 1180. The summed E-state index contributed by atoms with van der Waals surface area (Å²) in [5.41, 5.74) is 4.37. The molecular weight excluding hydrogens is 386 g/mol. The number of aromatic nitrogens is 1. The molecule has 4 aromatic rings. The van der Waals surface area contributed by atoms with E-state index in [-0.39, 0.29) is 18.2 Å². The maximum atomic E-state index is 13.5. The quantitative estimate of drug-likeness (QED) is 0.293. The monoisotopic (exact) mass is 411 g/mol. The van der Waals surface area contributed by atoms with Gasteiger partial charge in [-0.2, -0.15) is 0 Å². The molecule has 156 valence electrons. The Hall–Kier alpha value is -3.66. The van der Waals surface area contributed by atoms with Crippen LogP contribution in [0, 0.1) is 0 Å². The number of esters is 1. The smallest absolute Gasteiger partial charge is 0.307 e. The predicted octanol–water partition coefficient (Wildman–Crippen LogP) is 5.83. The molecule has 0 bridgehead atoms. The SMILES string of the molecule is CCc1cccc2c(C(=O)[C@@H](OC(=O)CCc3ccccc3)c3ccccc3)c[nH]c12. The van der Waals surface area contributed by atoms with E-state index in [1.165, 1.54) is 0 Å². The summed E-state index contributed by atoms with van der Waals surface area (Å²) in [6.07, 6.45) is 2.40. The first-order chi connectivity index (χ1) is 15.2. The summed E-state index contributed by atoms with van der Waals surface area (Å²) in [5, 5.41) is 0.852. The third-order valence-electron chi connectivity index (χ3n) is 5.50. The number of nitrogens with one attached hydrogen (secondary N) is 1. The zero-order valence-corrected chi connectivity index (χ0v) is 17.5. The zero-order valence-electron chi connectivity index (χ0n) is 17.5. The average molecular weight is 412 g/mol. The molecule has 0 unspecified atom stereocenters. The van der Waals surface area contributed by atoms with Crippen LogP contribution in [0.3, 0.4) is 0 Å². The molecule has 1 atom stereocenters. The van der Waals surface area contributed by atoms with Crippen molar-refractivity contribution in [2.24, 2.45) is 0 Å². The van der Waals surface area contributed by atoms with Crippen LogP contribution in [0.2, 0.25) is 0 Å². The lowest BCUT2D eigenvalue weighted by atomic mass is 9.98. The molecule has 3 aromatic carbocycles. The van der Waals surface area contributed by atoms with E-state index in [2.05, 4.69) is 11.9 Å². The third-order valence-corrected chi connectivity index (χ3v) is 5.50. The van der Waals surface area contributed by atoms with Gasteiger partial charge in [-0.15, -0.1) is 0 Å². The fraction of sp³-hybridized carbons (Fsp3) is 0.185. The first-order valence-corrected chi connectivity index (χ1v) is 10.6. The van der Waals surface area contributed by atoms with E-state index in [9.17, 15) is 9.59 Å². The molecule has 1 heterocycles. The van der Waals surface area contributed by atoms with Gasteiger partial charge in [0.05, 0.1) is 0 Å². The van der Waals surface area contributed by atoms with Crippen LogP contribution in [-0.4, -0.2) is 16.7 Å². The Balaban J connectivity index is 1.60. The topological polar surface area (TPSA) is 59.2 Å². The maximum absolute atomic E-state index is 13.5. The number of hydrogen-bond acceptors (Lipinski definition) is 3. The van der Waals surface area contributed by atoms with Crippen LogP contribution in [0.15, 0.2) is 85.1 Å². The van der Waals surface area contributed by atoms with Crippen molar-refractivity contribution in [2.45, 2.75) is 32.3 Å². The lowest BCUT2D eigenvalue weighted by Gasteiger charge is -2.17. The third kappa shape index (κ3) is 4.58. The number of para-hydroxylation sites is 1. The van der Waals surface area contributed by atoms with E-state index in [0.29, 0.717) is 17.5 Å². The lowest BCUT2D eigenvalue weighted by Crippen LogP contribution is -2.20. The van der Waals surface area contributed by atoms with Gasteiger partial charge in [0.15, 0.2) is 6.10 Å². The van der Waals surface area contributed by atoms with Crippen LogP contribution in [0.1, 0.15) is 46.5 Å². The van der Waals surface area contributed by atoms with Crippen molar-refractivity contribution in [3.8, 4) is 0 Å². The predicted molar refractivity (Wildman–Crippen MR) is 122 cm³/mol. The summed E-state index contributed by atoms with van der Waals surface area (Å²) in [6.45, 7) is 2.08. The number of ketones is 1. The second-order valence-corrected chi connectivity index (χ2v) is 7.53. The summed E-state index contributed by atoms with van der Waals surface area (Å²) in [6, 6.07) is 24.9. The minimum absolute atomic E-state index is 0.217. The van der Waals surface area contributed by atoms with Gasteiger partial charge in [0.25, 0.3) is 0 Å². The highest BCUT2D eigenvalue weighted by Crippen LogP contribution is 2.29. The number of fused-ring (bicyclic) bond motifs is 1. The zero-order chi connectivity index (χ0) is 21.6. The van der Waals surface area contributed by atoms with Crippen molar-refractivity contribution < 1.29 is 14.3 Å². The van der Waals surface area contributed by atoms with Crippen LogP contribution in [0.4, 0.5) is 0 Å². The Morgan fingerprint density at radius 1 is 0.903 bits per heavy atom. The first kappa shape index (κ1) is 20.6. The lowest BCUT2D eigenvalue weighted by molar-refractivity contribution is -0.147. The highest BCUT2D eigenvalue weighted by molar-refractivity contribution is 6.11. The standard InChI is InChI=1S/C27H25NO3/c1-2-20-14-9-15-22-23(18-28-25(20)22)26(30)27(21-12-7-4-8-13-21)31-24(29)17-16-19-10-5-3-6-11-19/h3-15,18,27-28H,2,16-17H2,1H3/t27-/m0/s1. The normalized spacial score (nSPS) is 11.9. The van der Waals surface area contributed by atoms with E-state index in [4.69, 9.17) is 4.74 Å². The van der Waals surface area contributed by atoms with Crippen molar-refractivity contribution in [2.75, 3.05) is 0 Å². The molecule has 1 aromatic heterocycles. The number of carbonyl (C=O) groups excluding carboxylic acids is 2. The fourth-order valence-corrected chi connectivity index (χ4v) is 3.84. The molecule has 1 N–H and O–H groups in total. The highest BCUT2D eigenvalue weighted by Gasteiger charge is 2.28. The number of carbonyl (C=O) groups is 2. The second-order valence-electron chi connectivity index (χ2n) is 7.53. The Kier molecular flexibility index (Phi) is 6.27. The van der Waals surface area contributed by atoms with E-state index < -0.39 is 6.10 Å². The van der Waals surface area contributed by atoms with Gasteiger partial charge in [0.2, 0.25) is 5.78 Å². The fourth-order valence-electron chi connectivity index (χ4n) is 3.84. The van der Waals surface area contributed by atoms with E-state index >= 15 is 0 Å². The molecule has 0 amide bonds. The molecule has 4 nitrogen and oxygen atoms in total. The van der Waals surface area contributed by atoms with E-state index in [1.807, 2.05) is 78.9 Å². The summed E-state index contributed by atoms with van der Waals surface area (Å²) < 4.78 is 5.75. The van der Waals surface area contributed by atoms with Crippen LogP contribution in [0.25, 0.3) is 10.9 Å². The average Bonchev–Trinajstić information content (AvgIpc) is 3.26. The molecule has 31 heavy (non-hydrogen) atoms. The number of aryl methyl sites for hydroxylation is 2. The maximum Gasteiger partial charge on any atom is 0.307 e. The molecule has 0 aliphatic heterocycles. The largest absolute Gasteiger partial charge is 0.449 e. The van der Waals surface area contributed by atoms with Gasteiger partial charge >= 0.3 is 5.97 Å². The summed E-state index contributed by atoms with van der Waals surface area (Å²) >= 11 is 0. The molecule has 0 saturated heterocycles. The van der Waals surface area contributed by atoms with Gasteiger partial charge in [0.1, 0.15) is 0 Å². The van der Waals surface area contributed by atoms with Crippen molar-refractivity contribution >= 4 is 22.7 Å². The van der Waals surface area contributed by atoms with Gasteiger partial charge in [-0.3, -0.25) is 9.59 Å². The summed E-state index contributed by atoms with van der Waals surface area (Å²) in [5.74, 6) is -0.612. The van der Waals surface area contributed by atoms with Crippen LogP contribution >= 0.6 is 0 Å². The van der Waals surface area contributed by atoms with Crippen molar-refractivity contribution in [3.63, 3.8) is 0 Å².